The highest BCUT2D eigenvalue weighted by Gasteiger charge is 2.25. The second kappa shape index (κ2) is 7.65. The minimum atomic E-state index is -0.0162. The van der Waals surface area contributed by atoms with Crippen molar-refractivity contribution in [2.45, 2.75) is 9.79 Å². The fourth-order valence-electron chi connectivity index (χ4n) is 3.30. The second-order valence-electron chi connectivity index (χ2n) is 6.85. The van der Waals surface area contributed by atoms with Crippen molar-refractivity contribution in [1.29, 1.82) is 0 Å². The van der Waals surface area contributed by atoms with Crippen LogP contribution in [0.3, 0.4) is 0 Å². The summed E-state index contributed by atoms with van der Waals surface area (Å²) < 4.78 is 5.38. The number of hydrogen-bond donors (Lipinski definition) is 0. The van der Waals surface area contributed by atoms with Gasteiger partial charge in [-0.25, -0.2) is 0 Å². The fraction of sp³-hybridized carbons (Fsp3) is 0.0417. The van der Waals surface area contributed by atoms with Gasteiger partial charge in [-0.3, -0.25) is 4.79 Å². The molecule has 0 aliphatic carbocycles. The number of carbonyl (C=O) groups excluding carboxylic acids is 1. The molecule has 0 N–H and O–H groups in total. The first-order valence-electron chi connectivity index (χ1n) is 9.45. The summed E-state index contributed by atoms with van der Waals surface area (Å²) in [5.41, 5.74) is 3.46. The van der Waals surface area contributed by atoms with Crippen LogP contribution in [-0.2, 0) is 0 Å². The topological polar surface area (TPSA) is 59.2 Å². The molecule has 0 unspecified atom stereocenters. The van der Waals surface area contributed by atoms with Crippen molar-refractivity contribution in [3.8, 4) is 11.4 Å². The highest BCUT2D eigenvalue weighted by Crippen LogP contribution is 2.42. The van der Waals surface area contributed by atoms with Crippen LogP contribution < -0.4 is 4.90 Å². The van der Waals surface area contributed by atoms with Crippen molar-refractivity contribution in [3.63, 3.8) is 0 Å². The van der Waals surface area contributed by atoms with Crippen molar-refractivity contribution in [1.82, 2.24) is 10.1 Å². The number of rotatable bonds is 3. The Hall–Kier alpha value is -3.64. The van der Waals surface area contributed by atoms with Gasteiger partial charge in [-0.05, 0) is 42.0 Å². The molecule has 0 spiro atoms. The molecule has 1 amide bonds. The molecule has 3 aromatic carbocycles. The van der Waals surface area contributed by atoms with Crippen LogP contribution in [0.2, 0.25) is 0 Å². The number of fused-ring (bicyclic) bond motifs is 2. The zero-order chi connectivity index (χ0) is 20.5. The summed E-state index contributed by atoms with van der Waals surface area (Å²) in [6, 6.07) is 23.4. The first-order valence-corrected chi connectivity index (χ1v) is 10.3. The molecular weight excluding hydrogens is 394 g/mol. The quantitative estimate of drug-likeness (QED) is 0.436. The number of carbonyl (C=O) groups is 1. The van der Waals surface area contributed by atoms with Gasteiger partial charge in [-0.2, -0.15) is 4.98 Å². The first-order chi connectivity index (χ1) is 14.7. The number of hydrogen-bond acceptors (Lipinski definition) is 5. The monoisotopic (exact) mass is 411 g/mol. The second-order valence-corrected chi connectivity index (χ2v) is 7.93. The van der Waals surface area contributed by atoms with E-state index in [9.17, 15) is 4.79 Å². The van der Waals surface area contributed by atoms with Gasteiger partial charge in [-0.1, -0.05) is 59.4 Å². The summed E-state index contributed by atoms with van der Waals surface area (Å²) in [5, 5.41) is 4.12. The fourth-order valence-corrected chi connectivity index (χ4v) is 4.45. The molecule has 0 radical (unpaired) electrons. The van der Waals surface area contributed by atoms with E-state index in [0.717, 1.165) is 26.6 Å². The van der Waals surface area contributed by atoms with E-state index in [1.807, 2.05) is 78.9 Å². The minimum absolute atomic E-state index is 0.0162. The molecule has 1 aromatic heterocycles. The normalized spacial score (nSPS) is 13.2. The maximum Gasteiger partial charge on any atom is 0.259 e. The number of amides is 1. The predicted octanol–water partition coefficient (Wildman–Crippen LogP) is 5.65. The lowest BCUT2D eigenvalue weighted by atomic mass is 10.1. The van der Waals surface area contributed by atoms with Crippen molar-refractivity contribution in [2.24, 2.45) is 0 Å². The molecule has 0 fully saturated rings. The van der Waals surface area contributed by atoms with E-state index in [0.29, 0.717) is 17.3 Å². The van der Waals surface area contributed by atoms with E-state index >= 15 is 0 Å². The molecule has 5 rings (SSSR count). The Morgan fingerprint density at radius 2 is 1.73 bits per heavy atom. The largest absolute Gasteiger partial charge is 0.334 e. The predicted molar refractivity (Wildman–Crippen MR) is 118 cm³/mol. The first kappa shape index (κ1) is 18.4. The Bertz CT molecular complexity index is 1260. The van der Waals surface area contributed by atoms with Crippen molar-refractivity contribution in [3.05, 3.63) is 89.8 Å². The number of aromatic nitrogens is 2. The third-order valence-corrected chi connectivity index (χ3v) is 6.00. The van der Waals surface area contributed by atoms with Gasteiger partial charge in [0.2, 0.25) is 5.82 Å². The van der Waals surface area contributed by atoms with Crippen LogP contribution in [0.25, 0.3) is 23.5 Å². The number of benzene rings is 3. The smallest absolute Gasteiger partial charge is 0.259 e. The van der Waals surface area contributed by atoms with E-state index in [-0.39, 0.29) is 5.91 Å². The molecule has 146 valence electrons. The van der Waals surface area contributed by atoms with Crippen LogP contribution in [0, 0.1) is 0 Å². The molecule has 4 aromatic rings. The molecule has 1 aliphatic rings. The van der Waals surface area contributed by atoms with E-state index in [1.54, 1.807) is 29.8 Å². The molecular formula is C24H17N3O2S. The molecule has 0 bridgehead atoms. The summed E-state index contributed by atoms with van der Waals surface area (Å²) >= 11 is 1.57. The van der Waals surface area contributed by atoms with Gasteiger partial charge < -0.3 is 9.42 Å². The lowest BCUT2D eigenvalue weighted by Crippen LogP contribution is -2.25. The van der Waals surface area contributed by atoms with Gasteiger partial charge in [0.05, 0.1) is 11.3 Å². The van der Waals surface area contributed by atoms with Gasteiger partial charge in [0.25, 0.3) is 11.8 Å². The van der Waals surface area contributed by atoms with Gasteiger partial charge >= 0.3 is 0 Å². The van der Waals surface area contributed by atoms with Crippen molar-refractivity contribution in [2.75, 3.05) is 11.9 Å². The van der Waals surface area contributed by atoms with Crippen LogP contribution in [0.5, 0.6) is 0 Å². The zero-order valence-corrected chi connectivity index (χ0v) is 17.0. The SMILES string of the molecule is CN1C(=O)c2ccccc2Sc2cc(-c3noc(/C=C/c4ccccc4)n3)ccc21. The van der Waals surface area contributed by atoms with Crippen LogP contribution in [-0.4, -0.2) is 23.1 Å². The molecule has 0 saturated carbocycles. The van der Waals surface area contributed by atoms with Gasteiger partial charge in [-0.15, -0.1) is 0 Å². The summed E-state index contributed by atoms with van der Waals surface area (Å²) in [6.45, 7) is 0. The van der Waals surface area contributed by atoms with E-state index in [2.05, 4.69) is 10.1 Å². The molecule has 2 heterocycles. The van der Waals surface area contributed by atoms with Gasteiger partial charge in [0.1, 0.15) is 0 Å². The van der Waals surface area contributed by atoms with E-state index in [1.165, 1.54) is 0 Å². The molecule has 0 saturated heterocycles. The summed E-state index contributed by atoms with van der Waals surface area (Å²) in [5.74, 6) is 0.934. The Kier molecular flexibility index (Phi) is 4.69. The summed E-state index contributed by atoms with van der Waals surface area (Å²) in [4.78, 5) is 20.9. The maximum atomic E-state index is 12.8. The highest BCUT2D eigenvalue weighted by atomic mass is 32.2. The van der Waals surface area contributed by atoms with E-state index < -0.39 is 0 Å². The molecule has 0 atom stereocenters. The van der Waals surface area contributed by atoms with Crippen molar-refractivity contribution < 1.29 is 9.32 Å². The average Bonchev–Trinajstić information content (AvgIpc) is 3.23. The third-order valence-electron chi connectivity index (χ3n) is 4.88. The molecule has 5 nitrogen and oxygen atoms in total. The van der Waals surface area contributed by atoms with Crippen LogP contribution in [0.1, 0.15) is 21.8 Å². The zero-order valence-electron chi connectivity index (χ0n) is 16.1. The number of nitrogens with zero attached hydrogens (tertiary/aromatic N) is 3. The summed E-state index contributed by atoms with van der Waals surface area (Å²) in [6.07, 6.45) is 3.73. The Balaban J connectivity index is 1.47. The standard InChI is InChI=1S/C24H17N3O2S/c1-27-19-13-12-17(15-21(19)30-20-10-6-5-9-18(20)24(27)28)23-25-22(29-26-23)14-11-16-7-3-2-4-8-16/h2-15H,1H3/b14-11+. The van der Waals surface area contributed by atoms with Gasteiger partial charge in [0.15, 0.2) is 0 Å². The lowest BCUT2D eigenvalue weighted by Gasteiger charge is -2.17. The Morgan fingerprint density at radius 1 is 0.933 bits per heavy atom. The van der Waals surface area contributed by atoms with Crippen LogP contribution in [0.4, 0.5) is 5.69 Å². The average molecular weight is 411 g/mol. The summed E-state index contributed by atoms with van der Waals surface area (Å²) in [7, 11) is 1.80. The maximum absolute atomic E-state index is 12.8. The van der Waals surface area contributed by atoms with Crippen LogP contribution >= 0.6 is 11.8 Å². The number of anilines is 1. The molecule has 6 heteroatoms. The lowest BCUT2D eigenvalue weighted by molar-refractivity contribution is 0.0990. The Morgan fingerprint density at radius 3 is 2.60 bits per heavy atom. The van der Waals surface area contributed by atoms with Gasteiger partial charge in [0, 0.05) is 28.5 Å². The highest BCUT2D eigenvalue weighted by molar-refractivity contribution is 7.99. The minimum Gasteiger partial charge on any atom is -0.334 e. The third kappa shape index (κ3) is 3.42. The molecule has 1 aliphatic heterocycles. The van der Waals surface area contributed by atoms with Crippen molar-refractivity contribution >= 4 is 35.5 Å². The molecule has 30 heavy (non-hydrogen) atoms. The Labute approximate surface area is 178 Å². The van der Waals surface area contributed by atoms with E-state index in [4.69, 9.17) is 4.52 Å². The van der Waals surface area contributed by atoms with Crippen LogP contribution in [0.15, 0.2) is 87.1 Å².